The van der Waals surface area contributed by atoms with E-state index < -0.39 is 0 Å². The molecule has 0 saturated heterocycles. The lowest BCUT2D eigenvalue weighted by atomic mass is 10.1. The highest BCUT2D eigenvalue weighted by molar-refractivity contribution is 7.99. The fourth-order valence-electron chi connectivity index (χ4n) is 2.05. The van der Waals surface area contributed by atoms with Crippen LogP contribution in [0.2, 0.25) is 0 Å². The molecule has 1 amide bonds. The number of esters is 1. The third kappa shape index (κ3) is 6.22. The van der Waals surface area contributed by atoms with Gasteiger partial charge in [0.05, 0.1) is 17.9 Å². The molecular formula is C17H22N4O3S. The summed E-state index contributed by atoms with van der Waals surface area (Å²) in [5.41, 5.74) is 1.07. The van der Waals surface area contributed by atoms with E-state index in [1.54, 1.807) is 31.2 Å². The zero-order valence-corrected chi connectivity index (χ0v) is 15.4. The molecule has 134 valence electrons. The van der Waals surface area contributed by atoms with Crippen molar-refractivity contribution in [2.24, 2.45) is 5.92 Å². The monoisotopic (exact) mass is 362 g/mol. The van der Waals surface area contributed by atoms with Crippen LogP contribution in [0.1, 0.15) is 37.0 Å². The number of nitrogens with zero attached hydrogens (tertiary/aromatic N) is 2. The maximum Gasteiger partial charge on any atom is 0.338 e. The van der Waals surface area contributed by atoms with E-state index in [1.807, 2.05) is 0 Å². The third-order valence-electron chi connectivity index (χ3n) is 3.12. The Labute approximate surface area is 150 Å². The van der Waals surface area contributed by atoms with E-state index in [-0.39, 0.29) is 17.6 Å². The van der Waals surface area contributed by atoms with Gasteiger partial charge in [-0.05, 0) is 37.1 Å². The van der Waals surface area contributed by atoms with Gasteiger partial charge < -0.3 is 10.1 Å². The lowest BCUT2D eigenvalue weighted by Gasteiger charge is -2.05. The number of hydrogen-bond acceptors (Lipinski definition) is 6. The first kappa shape index (κ1) is 19.0. The van der Waals surface area contributed by atoms with E-state index in [0.717, 1.165) is 12.2 Å². The minimum absolute atomic E-state index is 0.163. The molecule has 0 atom stereocenters. The molecular weight excluding hydrogens is 340 g/mol. The van der Waals surface area contributed by atoms with Crippen LogP contribution < -0.4 is 5.32 Å². The van der Waals surface area contributed by atoms with E-state index in [2.05, 4.69) is 34.3 Å². The van der Waals surface area contributed by atoms with Gasteiger partial charge in [-0.1, -0.05) is 25.6 Å². The van der Waals surface area contributed by atoms with E-state index in [4.69, 9.17) is 4.74 Å². The van der Waals surface area contributed by atoms with Crippen LogP contribution in [0.5, 0.6) is 0 Å². The van der Waals surface area contributed by atoms with Crippen molar-refractivity contribution in [3.63, 3.8) is 0 Å². The number of benzene rings is 1. The maximum absolute atomic E-state index is 12.0. The Kier molecular flexibility index (Phi) is 7.00. The summed E-state index contributed by atoms with van der Waals surface area (Å²) < 4.78 is 4.92. The summed E-state index contributed by atoms with van der Waals surface area (Å²) in [7, 11) is 0. The Bertz CT molecular complexity index is 713. The molecule has 7 nitrogen and oxygen atoms in total. The number of rotatable bonds is 8. The Morgan fingerprint density at radius 2 is 2.00 bits per heavy atom. The largest absolute Gasteiger partial charge is 0.462 e. The van der Waals surface area contributed by atoms with Crippen molar-refractivity contribution in [2.45, 2.75) is 32.3 Å². The molecule has 25 heavy (non-hydrogen) atoms. The Hall–Kier alpha value is -2.35. The van der Waals surface area contributed by atoms with Crippen LogP contribution >= 0.6 is 11.8 Å². The minimum Gasteiger partial charge on any atom is -0.462 e. The number of amides is 1. The van der Waals surface area contributed by atoms with Gasteiger partial charge in [0.25, 0.3) is 0 Å². The van der Waals surface area contributed by atoms with E-state index in [0.29, 0.717) is 28.9 Å². The van der Waals surface area contributed by atoms with Crippen LogP contribution in [0.25, 0.3) is 0 Å². The van der Waals surface area contributed by atoms with Gasteiger partial charge in [-0.3, -0.25) is 9.89 Å². The fraction of sp³-hybridized carbons (Fsp3) is 0.412. The molecule has 0 spiro atoms. The SMILES string of the molecule is CCOC(=O)c1ccc(NC(=O)CSc2n[nH]c(CC(C)C)n2)cc1. The van der Waals surface area contributed by atoms with Crippen LogP contribution in [0.15, 0.2) is 29.4 Å². The van der Waals surface area contributed by atoms with Crippen molar-refractivity contribution in [3.8, 4) is 0 Å². The molecule has 8 heteroatoms. The van der Waals surface area contributed by atoms with Crippen molar-refractivity contribution < 1.29 is 14.3 Å². The van der Waals surface area contributed by atoms with E-state index >= 15 is 0 Å². The average Bonchev–Trinajstić information content (AvgIpc) is 3.00. The first-order valence-electron chi connectivity index (χ1n) is 8.09. The number of nitrogens with one attached hydrogen (secondary N) is 2. The van der Waals surface area contributed by atoms with Gasteiger partial charge in [0.1, 0.15) is 5.82 Å². The molecule has 0 aliphatic heterocycles. The highest BCUT2D eigenvalue weighted by Crippen LogP contribution is 2.15. The van der Waals surface area contributed by atoms with Crippen LogP contribution in [-0.4, -0.2) is 39.4 Å². The van der Waals surface area contributed by atoms with Crippen LogP contribution in [0.3, 0.4) is 0 Å². The van der Waals surface area contributed by atoms with Gasteiger partial charge in [-0.25, -0.2) is 9.78 Å². The number of anilines is 1. The predicted octanol–water partition coefficient (Wildman–Crippen LogP) is 2.91. The Morgan fingerprint density at radius 3 is 2.64 bits per heavy atom. The Morgan fingerprint density at radius 1 is 1.28 bits per heavy atom. The highest BCUT2D eigenvalue weighted by Gasteiger charge is 2.10. The van der Waals surface area contributed by atoms with Gasteiger partial charge in [-0.15, -0.1) is 5.10 Å². The summed E-state index contributed by atoms with van der Waals surface area (Å²) in [5, 5.41) is 10.3. The van der Waals surface area contributed by atoms with Crippen molar-refractivity contribution in [3.05, 3.63) is 35.7 Å². The summed E-state index contributed by atoms with van der Waals surface area (Å²) in [6.07, 6.45) is 0.826. The maximum atomic E-state index is 12.0. The summed E-state index contributed by atoms with van der Waals surface area (Å²) >= 11 is 1.27. The van der Waals surface area contributed by atoms with Gasteiger partial charge >= 0.3 is 5.97 Å². The molecule has 2 rings (SSSR count). The van der Waals surface area contributed by atoms with Crippen LogP contribution in [0.4, 0.5) is 5.69 Å². The van der Waals surface area contributed by atoms with Crippen molar-refractivity contribution in [1.82, 2.24) is 15.2 Å². The van der Waals surface area contributed by atoms with Gasteiger partial charge in [0.2, 0.25) is 11.1 Å². The second-order valence-corrected chi connectivity index (χ2v) is 6.74. The van der Waals surface area contributed by atoms with Gasteiger partial charge in [0, 0.05) is 12.1 Å². The highest BCUT2D eigenvalue weighted by atomic mass is 32.2. The first-order chi connectivity index (χ1) is 12.0. The standard InChI is InChI=1S/C17H22N4O3S/c1-4-24-16(23)12-5-7-13(8-6-12)18-15(22)10-25-17-19-14(20-21-17)9-11(2)3/h5-8,11H,4,9-10H2,1-3H3,(H,18,22)(H,19,20,21). The number of carbonyl (C=O) groups excluding carboxylic acids is 2. The zero-order chi connectivity index (χ0) is 18.2. The Balaban J connectivity index is 1.81. The topological polar surface area (TPSA) is 97.0 Å². The molecule has 0 bridgehead atoms. The second-order valence-electron chi connectivity index (χ2n) is 5.80. The zero-order valence-electron chi connectivity index (χ0n) is 14.5. The molecule has 0 saturated carbocycles. The molecule has 2 N–H and O–H groups in total. The number of thioether (sulfide) groups is 1. The van der Waals surface area contributed by atoms with Gasteiger partial charge in [0.15, 0.2) is 0 Å². The van der Waals surface area contributed by atoms with Crippen LogP contribution in [-0.2, 0) is 16.0 Å². The number of carbonyl (C=O) groups is 2. The minimum atomic E-state index is -0.377. The predicted molar refractivity (Wildman–Crippen MR) is 96.7 cm³/mol. The number of H-pyrrole nitrogens is 1. The number of aromatic nitrogens is 3. The van der Waals surface area contributed by atoms with E-state index in [1.165, 1.54) is 11.8 Å². The van der Waals surface area contributed by atoms with Crippen LogP contribution in [0, 0.1) is 5.92 Å². The molecule has 2 aromatic rings. The fourth-order valence-corrected chi connectivity index (χ4v) is 2.67. The summed E-state index contributed by atoms with van der Waals surface area (Å²) in [4.78, 5) is 27.9. The molecule has 0 radical (unpaired) electrons. The summed E-state index contributed by atoms with van der Waals surface area (Å²) in [5.74, 6) is 0.986. The normalized spacial score (nSPS) is 10.7. The van der Waals surface area contributed by atoms with Crippen molar-refractivity contribution in [2.75, 3.05) is 17.7 Å². The number of ether oxygens (including phenoxy) is 1. The third-order valence-corrected chi connectivity index (χ3v) is 3.97. The summed E-state index contributed by atoms with van der Waals surface area (Å²) in [6.45, 7) is 6.30. The molecule has 0 unspecified atom stereocenters. The number of aromatic amines is 1. The molecule has 1 heterocycles. The molecule has 0 aliphatic rings. The lowest BCUT2D eigenvalue weighted by molar-refractivity contribution is -0.113. The molecule has 0 fully saturated rings. The quantitative estimate of drug-likeness (QED) is 0.554. The number of hydrogen-bond donors (Lipinski definition) is 2. The first-order valence-corrected chi connectivity index (χ1v) is 9.07. The van der Waals surface area contributed by atoms with E-state index in [9.17, 15) is 9.59 Å². The molecule has 1 aromatic carbocycles. The average molecular weight is 362 g/mol. The smallest absolute Gasteiger partial charge is 0.338 e. The van der Waals surface area contributed by atoms with Crippen molar-refractivity contribution in [1.29, 1.82) is 0 Å². The van der Waals surface area contributed by atoms with Crippen molar-refractivity contribution >= 4 is 29.3 Å². The second kappa shape index (κ2) is 9.22. The molecule has 1 aromatic heterocycles. The lowest BCUT2D eigenvalue weighted by Crippen LogP contribution is -2.14. The summed E-state index contributed by atoms with van der Waals surface area (Å²) in [6, 6.07) is 6.58. The molecule has 0 aliphatic carbocycles. The van der Waals surface area contributed by atoms with Gasteiger partial charge in [-0.2, -0.15) is 0 Å².